The quantitative estimate of drug-likeness (QED) is 0.598. The van der Waals surface area contributed by atoms with E-state index < -0.39 is 5.60 Å². The second-order valence-corrected chi connectivity index (χ2v) is 8.30. The van der Waals surface area contributed by atoms with Crippen molar-refractivity contribution in [2.45, 2.75) is 32.3 Å². The molecule has 2 aromatic heterocycles. The van der Waals surface area contributed by atoms with E-state index in [9.17, 15) is 15.0 Å². The SMILES string of the molecule is CC(C)(O)c1ccc(C(=O)Nc2cc(N3CCC(CO)CC3)n3nccc3n2)cc1. The highest BCUT2D eigenvalue weighted by molar-refractivity contribution is 6.04. The van der Waals surface area contributed by atoms with Crippen molar-refractivity contribution in [2.75, 3.05) is 29.9 Å². The van der Waals surface area contributed by atoms with Crippen LogP contribution in [-0.2, 0) is 5.60 Å². The van der Waals surface area contributed by atoms with Crippen LogP contribution in [0.2, 0.25) is 0 Å². The van der Waals surface area contributed by atoms with Crippen molar-refractivity contribution in [3.8, 4) is 0 Å². The van der Waals surface area contributed by atoms with Gasteiger partial charge in [0.05, 0.1) is 11.8 Å². The van der Waals surface area contributed by atoms with Gasteiger partial charge in [0.25, 0.3) is 5.91 Å². The number of nitrogens with zero attached hydrogens (tertiary/aromatic N) is 4. The van der Waals surface area contributed by atoms with Crippen molar-refractivity contribution in [3.05, 3.63) is 53.7 Å². The van der Waals surface area contributed by atoms with E-state index in [4.69, 9.17) is 0 Å². The van der Waals surface area contributed by atoms with Crippen LogP contribution in [0.1, 0.15) is 42.6 Å². The summed E-state index contributed by atoms with van der Waals surface area (Å²) in [6.45, 7) is 5.26. The molecule has 1 aliphatic heterocycles. The average molecular weight is 409 g/mol. The van der Waals surface area contributed by atoms with Gasteiger partial charge in [-0.05, 0) is 50.3 Å². The van der Waals surface area contributed by atoms with Crippen LogP contribution in [0.15, 0.2) is 42.6 Å². The number of benzene rings is 1. The number of carbonyl (C=O) groups is 1. The predicted molar refractivity (Wildman–Crippen MR) is 115 cm³/mol. The predicted octanol–water partition coefficient (Wildman–Crippen LogP) is 2.42. The summed E-state index contributed by atoms with van der Waals surface area (Å²) in [5, 5.41) is 26.7. The van der Waals surface area contributed by atoms with Crippen LogP contribution in [0, 0.1) is 5.92 Å². The van der Waals surface area contributed by atoms with E-state index in [1.165, 1.54) is 0 Å². The Morgan fingerprint density at radius 2 is 1.90 bits per heavy atom. The third-order valence-electron chi connectivity index (χ3n) is 5.63. The molecule has 0 bridgehead atoms. The van der Waals surface area contributed by atoms with E-state index in [0.29, 0.717) is 22.9 Å². The number of nitrogens with one attached hydrogen (secondary N) is 1. The van der Waals surface area contributed by atoms with Crippen molar-refractivity contribution in [1.82, 2.24) is 14.6 Å². The van der Waals surface area contributed by atoms with Crippen LogP contribution < -0.4 is 10.2 Å². The summed E-state index contributed by atoms with van der Waals surface area (Å²) in [5.74, 6) is 1.40. The van der Waals surface area contributed by atoms with E-state index in [1.54, 1.807) is 54.9 Å². The van der Waals surface area contributed by atoms with E-state index in [0.717, 1.165) is 37.3 Å². The first-order valence-corrected chi connectivity index (χ1v) is 10.2. The highest BCUT2D eigenvalue weighted by Gasteiger charge is 2.22. The van der Waals surface area contributed by atoms with E-state index in [-0.39, 0.29) is 12.5 Å². The van der Waals surface area contributed by atoms with Gasteiger partial charge in [0.2, 0.25) is 0 Å². The molecule has 0 saturated carbocycles. The monoisotopic (exact) mass is 409 g/mol. The molecule has 1 aromatic carbocycles. The van der Waals surface area contributed by atoms with Crippen molar-refractivity contribution in [2.24, 2.45) is 5.92 Å². The van der Waals surface area contributed by atoms with Gasteiger partial charge in [-0.15, -0.1) is 0 Å². The summed E-state index contributed by atoms with van der Waals surface area (Å²) in [7, 11) is 0. The first kappa shape index (κ1) is 20.3. The van der Waals surface area contributed by atoms with Gasteiger partial charge in [0, 0.05) is 37.4 Å². The Kier molecular flexibility index (Phi) is 5.44. The van der Waals surface area contributed by atoms with Gasteiger partial charge in [0.1, 0.15) is 11.6 Å². The number of aliphatic hydroxyl groups excluding tert-OH is 1. The molecular weight excluding hydrogens is 382 g/mol. The van der Waals surface area contributed by atoms with Gasteiger partial charge < -0.3 is 20.4 Å². The maximum Gasteiger partial charge on any atom is 0.256 e. The number of aromatic nitrogens is 3. The van der Waals surface area contributed by atoms with Crippen LogP contribution in [0.3, 0.4) is 0 Å². The number of piperidine rings is 1. The Morgan fingerprint density at radius 3 is 2.53 bits per heavy atom. The van der Waals surface area contributed by atoms with E-state index >= 15 is 0 Å². The fraction of sp³-hybridized carbons (Fsp3) is 0.409. The number of fused-ring (bicyclic) bond motifs is 1. The number of carbonyl (C=O) groups excluding carboxylic acids is 1. The van der Waals surface area contributed by atoms with Gasteiger partial charge in [-0.25, -0.2) is 4.98 Å². The number of rotatable bonds is 5. The smallest absolute Gasteiger partial charge is 0.256 e. The molecule has 8 heteroatoms. The molecule has 0 radical (unpaired) electrons. The number of hydrogen-bond acceptors (Lipinski definition) is 6. The van der Waals surface area contributed by atoms with Crippen LogP contribution >= 0.6 is 0 Å². The minimum absolute atomic E-state index is 0.217. The topological polar surface area (TPSA) is 103 Å². The summed E-state index contributed by atoms with van der Waals surface area (Å²) in [6.07, 6.45) is 3.51. The van der Waals surface area contributed by atoms with Gasteiger partial charge in [0.15, 0.2) is 5.65 Å². The number of hydrogen-bond donors (Lipinski definition) is 3. The molecule has 8 nitrogen and oxygen atoms in total. The molecule has 0 atom stereocenters. The molecule has 3 heterocycles. The second-order valence-electron chi connectivity index (χ2n) is 8.30. The van der Waals surface area contributed by atoms with Crippen molar-refractivity contribution in [1.29, 1.82) is 0 Å². The van der Waals surface area contributed by atoms with E-state index in [2.05, 4.69) is 20.3 Å². The van der Waals surface area contributed by atoms with Gasteiger partial charge in [-0.3, -0.25) is 4.79 Å². The number of anilines is 2. The Hall–Kier alpha value is -2.97. The summed E-state index contributed by atoms with van der Waals surface area (Å²) in [6, 6.07) is 10.5. The van der Waals surface area contributed by atoms with Gasteiger partial charge in [-0.2, -0.15) is 9.61 Å². The molecule has 30 heavy (non-hydrogen) atoms. The zero-order valence-corrected chi connectivity index (χ0v) is 17.2. The molecule has 1 saturated heterocycles. The van der Waals surface area contributed by atoms with Crippen molar-refractivity contribution in [3.63, 3.8) is 0 Å². The van der Waals surface area contributed by atoms with Gasteiger partial charge in [-0.1, -0.05) is 12.1 Å². The standard InChI is InChI=1S/C22H27N5O3/c1-22(2,30)17-5-3-16(4-6-17)21(29)25-18-13-20(27-19(24-18)7-10-23-27)26-11-8-15(14-28)9-12-26/h3-7,10,13,15,28,30H,8-9,11-12,14H2,1-2H3,(H,24,25,29). The molecule has 0 spiro atoms. The fourth-order valence-electron chi connectivity index (χ4n) is 3.75. The molecular formula is C22H27N5O3. The molecule has 1 fully saturated rings. The zero-order valence-electron chi connectivity index (χ0n) is 17.2. The Labute approximate surface area is 175 Å². The Balaban J connectivity index is 1.56. The highest BCUT2D eigenvalue weighted by Crippen LogP contribution is 2.26. The average Bonchev–Trinajstić information content (AvgIpc) is 3.21. The zero-order chi connectivity index (χ0) is 21.3. The third-order valence-corrected chi connectivity index (χ3v) is 5.63. The highest BCUT2D eigenvalue weighted by atomic mass is 16.3. The molecule has 158 valence electrons. The minimum atomic E-state index is -0.956. The summed E-state index contributed by atoms with van der Waals surface area (Å²) in [4.78, 5) is 19.5. The third kappa shape index (κ3) is 4.15. The maximum atomic E-state index is 12.7. The molecule has 0 unspecified atom stereocenters. The molecule has 4 rings (SSSR count). The summed E-state index contributed by atoms with van der Waals surface area (Å²) >= 11 is 0. The molecule has 0 aliphatic carbocycles. The number of aliphatic hydroxyl groups is 2. The van der Waals surface area contributed by atoms with Crippen LogP contribution in [0.5, 0.6) is 0 Å². The largest absolute Gasteiger partial charge is 0.396 e. The van der Waals surface area contributed by atoms with Crippen molar-refractivity contribution >= 4 is 23.2 Å². The normalized spacial score (nSPS) is 15.5. The van der Waals surface area contributed by atoms with E-state index in [1.807, 2.05) is 6.07 Å². The second kappa shape index (κ2) is 8.04. The lowest BCUT2D eigenvalue weighted by Gasteiger charge is -2.32. The Bertz CT molecular complexity index is 1030. The van der Waals surface area contributed by atoms with Crippen LogP contribution in [-0.4, -0.2) is 50.4 Å². The summed E-state index contributed by atoms with van der Waals surface area (Å²) < 4.78 is 1.77. The molecule has 1 aliphatic rings. The van der Waals surface area contributed by atoms with Crippen LogP contribution in [0.25, 0.3) is 5.65 Å². The lowest BCUT2D eigenvalue weighted by molar-refractivity contribution is 0.0785. The molecule has 3 N–H and O–H groups in total. The number of amides is 1. The van der Waals surface area contributed by atoms with Gasteiger partial charge >= 0.3 is 0 Å². The summed E-state index contributed by atoms with van der Waals surface area (Å²) in [5.41, 5.74) is 0.932. The molecule has 1 amide bonds. The lowest BCUT2D eigenvalue weighted by Crippen LogP contribution is -2.36. The fourth-order valence-corrected chi connectivity index (χ4v) is 3.75. The van der Waals surface area contributed by atoms with Crippen LogP contribution in [0.4, 0.5) is 11.6 Å². The van der Waals surface area contributed by atoms with Crippen molar-refractivity contribution < 1.29 is 15.0 Å². The maximum absolute atomic E-state index is 12.7. The minimum Gasteiger partial charge on any atom is -0.396 e. The Morgan fingerprint density at radius 1 is 1.20 bits per heavy atom. The molecule has 3 aromatic rings. The lowest BCUT2D eigenvalue weighted by atomic mass is 9.97. The first-order chi connectivity index (χ1) is 14.3. The first-order valence-electron chi connectivity index (χ1n) is 10.2.